The summed E-state index contributed by atoms with van der Waals surface area (Å²) in [4.78, 5) is 13.5. The van der Waals surface area contributed by atoms with Crippen molar-refractivity contribution in [1.82, 2.24) is 10.2 Å². The van der Waals surface area contributed by atoms with E-state index in [1.54, 1.807) is 36.0 Å². The van der Waals surface area contributed by atoms with Crippen molar-refractivity contribution in [1.29, 1.82) is 0 Å². The van der Waals surface area contributed by atoms with Crippen LogP contribution in [0.4, 0.5) is 6.01 Å². The molecule has 0 aliphatic rings. The number of amides is 1. The van der Waals surface area contributed by atoms with Crippen molar-refractivity contribution in [2.24, 2.45) is 0 Å². The minimum absolute atomic E-state index is 0.0353. The molecule has 0 unspecified atom stereocenters. The molecule has 0 atom stereocenters. The maximum atomic E-state index is 12.6. The lowest BCUT2D eigenvalue weighted by molar-refractivity contribution is 0.102. The molecule has 0 saturated heterocycles. The van der Waals surface area contributed by atoms with Gasteiger partial charge in [0, 0.05) is 10.5 Å². The largest absolute Gasteiger partial charge is 0.490 e. The van der Waals surface area contributed by atoms with Crippen LogP contribution in [0.1, 0.15) is 31.1 Å². The number of nitrogens with one attached hydrogen (secondary N) is 1. The van der Waals surface area contributed by atoms with Crippen LogP contribution in [0.25, 0.3) is 11.5 Å². The van der Waals surface area contributed by atoms with E-state index in [0.29, 0.717) is 35.8 Å². The minimum Gasteiger partial charge on any atom is -0.490 e. The number of hydrogen-bond donors (Lipinski definition) is 1. The number of hydrogen-bond acceptors (Lipinski definition) is 7. The number of rotatable bonds is 9. The fourth-order valence-electron chi connectivity index (χ4n) is 2.67. The Kier molecular flexibility index (Phi) is 7.13. The van der Waals surface area contributed by atoms with Crippen molar-refractivity contribution >= 4 is 23.7 Å². The lowest BCUT2D eigenvalue weighted by Crippen LogP contribution is -2.13. The molecular weight excluding hydrogens is 390 g/mol. The summed E-state index contributed by atoms with van der Waals surface area (Å²) in [6.07, 6.45) is 0. The highest BCUT2D eigenvalue weighted by Gasteiger charge is 2.16. The third kappa shape index (κ3) is 5.08. The molecule has 1 N–H and O–H groups in total. The summed E-state index contributed by atoms with van der Waals surface area (Å²) in [5.41, 5.74) is 1.24. The Hall–Kier alpha value is -3.00. The number of benzene rings is 2. The molecule has 0 spiro atoms. The number of ether oxygens (including phenoxy) is 2. The van der Waals surface area contributed by atoms with E-state index < -0.39 is 0 Å². The Morgan fingerprint density at radius 2 is 1.79 bits per heavy atom. The first kappa shape index (κ1) is 20.7. The van der Waals surface area contributed by atoms with E-state index in [-0.39, 0.29) is 17.8 Å². The lowest BCUT2D eigenvalue weighted by atomic mass is 10.2. The average molecular weight is 413 g/mol. The number of anilines is 1. The maximum absolute atomic E-state index is 12.6. The molecule has 1 aromatic heterocycles. The van der Waals surface area contributed by atoms with Crippen LogP contribution in [-0.4, -0.2) is 35.1 Å². The molecule has 29 heavy (non-hydrogen) atoms. The van der Waals surface area contributed by atoms with Gasteiger partial charge in [-0.15, -0.1) is 16.9 Å². The highest BCUT2D eigenvalue weighted by atomic mass is 32.2. The Balaban J connectivity index is 1.79. The van der Waals surface area contributed by atoms with E-state index >= 15 is 0 Å². The summed E-state index contributed by atoms with van der Waals surface area (Å²) in [7, 11) is 0. The van der Waals surface area contributed by atoms with Crippen LogP contribution in [-0.2, 0) is 0 Å². The van der Waals surface area contributed by atoms with Gasteiger partial charge in [0.1, 0.15) is 0 Å². The van der Waals surface area contributed by atoms with Crippen molar-refractivity contribution in [2.45, 2.75) is 25.7 Å². The second-order valence-electron chi connectivity index (χ2n) is 5.82. The summed E-state index contributed by atoms with van der Waals surface area (Å²) in [6, 6.07) is 12.8. The van der Waals surface area contributed by atoms with Gasteiger partial charge in [-0.3, -0.25) is 10.1 Å². The molecule has 1 amide bonds. The Bertz CT molecular complexity index is 974. The molecule has 152 valence electrons. The fourth-order valence-corrected chi connectivity index (χ4v) is 3.48. The zero-order valence-electron chi connectivity index (χ0n) is 16.6. The molecule has 0 saturated carbocycles. The van der Waals surface area contributed by atoms with Crippen LogP contribution in [0.15, 0.2) is 51.8 Å². The van der Waals surface area contributed by atoms with Gasteiger partial charge >= 0.3 is 6.01 Å². The van der Waals surface area contributed by atoms with Crippen LogP contribution in [0, 0.1) is 0 Å². The number of nitrogens with zero attached hydrogens (tertiary/aromatic N) is 2. The molecule has 0 radical (unpaired) electrons. The van der Waals surface area contributed by atoms with E-state index in [1.165, 1.54) is 0 Å². The summed E-state index contributed by atoms with van der Waals surface area (Å²) < 4.78 is 16.8. The van der Waals surface area contributed by atoms with E-state index in [1.807, 2.05) is 39.0 Å². The van der Waals surface area contributed by atoms with Crippen molar-refractivity contribution in [3.05, 3.63) is 48.0 Å². The van der Waals surface area contributed by atoms with Crippen molar-refractivity contribution < 1.29 is 18.7 Å². The SMILES string of the molecule is CCOc1ccc(-c2nnc(NC(=O)c3ccccc3SCC)o2)cc1OCC. The smallest absolute Gasteiger partial charge is 0.322 e. The van der Waals surface area contributed by atoms with E-state index in [9.17, 15) is 4.79 Å². The zero-order chi connectivity index (χ0) is 20.6. The van der Waals surface area contributed by atoms with Crippen LogP contribution >= 0.6 is 11.8 Å². The Morgan fingerprint density at radius 3 is 2.55 bits per heavy atom. The zero-order valence-corrected chi connectivity index (χ0v) is 17.4. The van der Waals surface area contributed by atoms with Crippen LogP contribution < -0.4 is 14.8 Å². The molecular formula is C21H23N3O4S. The molecule has 0 aliphatic heterocycles. The Morgan fingerprint density at radius 1 is 1.03 bits per heavy atom. The first-order valence-corrected chi connectivity index (χ1v) is 10.4. The van der Waals surface area contributed by atoms with Crippen LogP contribution in [0.5, 0.6) is 11.5 Å². The summed E-state index contributed by atoms with van der Waals surface area (Å²) in [6.45, 7) is 6.89. The molecule has 0 fully saturated rings. The fraction of sp³-hybridized carbons (Fsp3) is 0.286. The van der Waals surface area contributed by atoms with Gasteiger partial charge in [-0.25, -0.2) is 0 Å². The van der Waals surface area contributed by atoms with E-state index in [4.69, 9.17) is 13.9 Å². The number of aromatic nitrogens is 2. The molecule has 7 nitrogen and oxygen atoms in total. The topological polar surface area (TPSA) is 86.5 Å². The quantitative estimate of drug-likeness (QED) is 0.499. The monoisotopic (exact) mass is 413 g/mol. The maximum Gasteiger partial charge on any atom is 0.322 e. The normalized spacial score (nSPS) is 10.6. The first-order valence-electron chi connectivity index (χ1n) is 9.42. The molecule has 0 bridgehead atoms. The van der Waals surface area contributed by atoms with Crippen LogP contribution in [0.3, 0.4) is 0 Å². The number of thioether (sulfide) groups is 1. The average Bonchev–Trinajstić information content (AvgIpc) is 3.19. The highest BCUT2D eigenvalue weighted by Crippen LogP contribution is 2.33. The minimum atomic E-state index is -0.293. The third-order valence-corrected chi connectivity index (χ3v) is 4.82. The third-order valence-electron chi connectivity index (χ3n) is 3.87. The van der Waals surface area contributed by atoms with E-state index in [2.05, 4.69) is 15.5 Å². The van der Waals surface area contributed by atoms with Gasteiger partial charge in [-0.2, -0.15) is 0 Å². The highest BCUT2D eigenvalue weighted by molar-refractivity contribution is 7.99. The Labute approximate surface area is 173 Å². The van der Waals surface area contributed by atoms with Gasteiger partial charge in [0.15, 0.2) is 11.5 Å². The van der Waals surface area contributed by atoms with Gasteiger partial charge in [0.2, 0.25) is 5.89 Å². The van der Waals surface area contributed by atoms with E-state index in [0.717, 1.165) is 10.6 Å². The van der Waals surface area contributed by atoms with Crippen LogP contribution in [0.2, 0.25) is 0 Å². The molecule has 2 aromatic carbocycles. The number of carbonyl (C=O) groups is 1. The van der Waals surface area contributed by atoms with Gasteiger partial charge in [-0.05, 0) is 49.9 Å². The molecule has 3 aromatic rings. The summed E-state index contributed by atoms with van der Waals surface area (Å²) in [5.74, 6) is 2.10. The molecule has 1 heterocycles. The summed E-state index contributed by atoms with van der Waals surface area (Å²) >= 11 is 1.60. The van der Waals surface area contributed by atoms with Gasteiger partial charge in [-0.1, -0.05) is 24.2 Å². The molecule has 0 aliphatic carbocycles. The molecule has 3 rings (SSSR count). The van der Waals surface area contributed by atoms with Crippen molar-refractivity contribution in [3.8, 4) is 23.0 Å². The van der Waals surface area contributed by atoms with Crippen molar-refractivity contribution in [2.75, 3.05) is 24.3 Å². The summed E-state index contributed by atoms with van der Waals surface area (Å²) in [5, 5.41) is 10.6. The van der Waals surface area contributed by atoms with Crippen molar-refractivity contribution in [3.63, 3.8) is 0 Å². The standard InChI is InChI=1S/C21H23N3O4S/c1-4-26-16-12-11-14(13-17(16)27-5-2)20-23-24-21(28-20)22-19(25)15-9-7-8-10-18(15)29-6-3/h7-13H,4-6H2,1-3H3,(H,22,24,25). The van der Waals surface area contributed by atoms with Gasteiger partial charge < -0.3 is 13.9 Å². The second kappa shape index (κ2) is 9.97. The lowest BCUT2D eigenvalue weighted by Gasteiger charge is -2.11. The van der Waals surface area contributed by atoms with Gasteiger partial charge in [0.05, 0.1) is 18.8 Å². The number of carbonyl (C=O) groups excluding carboxylic acids is 1. The van der Waals surface area contributed by atoms with Gasteiger partial charge in [0.25, 0.3) is 5.91 Å². The predicted molar refractivity (Wildman–Crippen MR) is 113 cm³/mol. The first-order chi connectivity index (χ1) is 14.2. The predicted octanol–water partition coefficient (Wildman–Crippen LogP) is 4.90. The second-order valence-corrected chi connectivity index (χ2v) is 7.13. The molecule has 8 heteroatoms.